The van der Waals surface area contributed by atoms with Gasteiger partial charge in [0, 0.05) is 17.0 Å². The fourth-order valence-electron chi connectivity index (χ4n) is 2.05. The normalized spacial score (nSPS) is 10.3. The standard InChI is InChI=1S/C16H11N3O5S2/c1-24-15(21)10-4-2-9(3-5-10)14(20)18-16-17-12(8-26-16)13-6-11(7-25-13)19(22)23/h2-8H,1H3,(H,17,18,20). The van der Waals surface area contributed by atoms with E-state index in [9.17, 15) is 19.7 Å². The number of rotatable bonds is 5. The van der Waals surface area contributed by atoms with Crippen molar-refractivity contribution in [1.82, 2.24) is 4.98 Å². The molecule has 0 aliphatic heterocycles. The number of benzene rings is 1. The van der Waals surface area contributed by atoms with Crippen molar-refractivity contribution in [3.63, 3.8) is 0 Å². The van der Waals surface area contributed by atoms with Gasteiger partial charge in [0.2, 0.25) is 0 Å². The Labute approximate surface area is 155 Å². The molecule has 1 amide bonds. The highest BCUT2D eigenvalue weighted by molar-refractivity contribution is 7.16. The summed E-state index contributed by atoms with van der Waals surface area (Å²) in [5.74, 6) is -0.856. The number of ether oxygens (including phenoxy) is 1. The molecule has 26 heavy (non-hydrogen) atoms. The molecule has 0 radical (unpaired) electrons. The average Bonchev–Trinajstić information content (AvgIpc) is 3.30. The van der Waals surface area contributed by atoms with Gasteiger partial charge in [0.25, 0.3) is 11.6 Å². The molecule has 0 saturated carbocycles. The fraction of sp³-hybridized carbons (Fsp3) is 0.0625. The molecule has 1 aromatic carbocycles. The molecule has 0 bridgehead atoms. The average molecular weight is 389 g/mol. The van der Waals surface area contributed by atoms with Crippen LogP contribution in [0.15, 0.2) is 41.1 Å². The van der Waals surface area contributed by atoms with Crippen LogP contribution in [0.1, 0.15) is 20.7 Å². The summed E-state index contributed by atoms with van der Waals surface area (Å²) in [4.78, 5) is 38.9. The Bertz CT molecular complexity index is 978. The molecular weight excluding hydrogens is 378 g/mol. The molecule has 3 rings (SSSR count). The Morgan fingerprint density at radius 2 is 1.85 bits per heavy atom. The van der Waals surface area contributed by atoms with Crippen molar-refractivity contribution in [1.29, 1.82) is 0 Å². The van der Waals surface area contributed by atoms with Gasteiger partial charge in [-0.15, -0.1) is 22.7 Å². The van der Waals surface area contributed by atoms with Crippen LogP contribution in [0.25, 0.3) is 10.6 Å². The predicted octanol–water partition coefficient (Wildman–Crippen LogP) is 3.82. The summed E-state index contributed by atoms with van der Waals surface area (Å²) in [6.45, 7) is 0. The topological polar surface area (TPSA) is 111 Å². The number of amides is 1. The molecule has 8 nitrogen and oxygen atoms in total. The van der Waals surface area contributed by atoms with Gasteiger partial charge in [-0.2, -0.15) is 0 Å². The zero-order valence-electron chi connectivity index (χ0n) is 13.3. The molecule has 0 aliphatic carbocycles. The molecule has 3 aromatic rings. The van der Waals surface area contributed by atoms with Gasteiger partial charge >= 0.3 is 5.97 Å². The quantitative estimate of drug-likeness (QED) is 0.403. The van der Waals surface area contributed by atoms with Crippen molar-refractivity contribution in [2.24, 2.45) is 0 Å². The SMILES string of the molecule is COC(=O)c1ccc(C(=O)Nc2nc(-c3cc([N+](=O)[O-])cs3)cs2)cc1. The van der Waals surface area contributed by atoms with Gasteiger partial charge in [-0.25, -0.2) is 9.78 Å². The molecule has 2 heterocycles. The Morgan fingerprint density at radius 1 is 1.15 bits per heavy atom. The third-order valence-corrected chi connectivity index (χ3v) is 5.04. The van der Waals surface area contributed by atoms with Crippen LogP contribution in [-0.4, -0.2) is 28.9 Å². The highest BCUT2D eigenvalue weighted by atomic mass is 32.1. The second kappa shape index (κ2) is 7.42. The summed E-state index contributed by atoms with van der Waals surface area (Å²) in [7, 11) is 1.28. The van der Waals surface area contributed by atoms with Gasteiger partial charge in [-0.3, -0.25) is 20.2 Å². The van der Waals surface area contributed by atoms with Gasteiger partial charge in [0.05, 0.1) is 33.5 Å². The van der Waals surface area contributed by atoms with Gasteiger partial charge in [-0.05, 0) is 24.3 Å². The molecule has 0 spiro atoms. The first-order valence-corrected chi connectivity index (χ1v) is 8.92. The number of carbonyl (C=O) groups excluding carboxylic acids is 2. The van der Waals surface area contributed by atoms with Crippen LogP contribution < -0.4 is 5.32 Å². The van der Waals surface area contributed by atoms with Crippen LogP contribution in [0.4, 0.5) is 10.8 Å². The van der Waals surface area contributed by atoms with E-state index in [1.54, 1.807) is 5.38 Å². The molecule has 0 unspecified atom stereocenters. The van der Waals surface area contributed by atoms with E-state index in [2.05, 4.69) is 15.0 Å². The van der Waals surface area contributed by atoms with Crippen molar-refractivity contribution in [3.05, 3.63) is 62.3 Å². The first-order chi connectivity index (χ1) is 12.5. The lowest BCUT2D eigenvalue weighted by Gasteiger charge is -2.03. The van der Waals surface area contributed by atoms with Crippen LogP contribution in [0.3, 0.4) is 0 Å². The minimum Gasteiger partial charge on any atom is -0.465 e. The molecule has 132 valence electrons. The van der Waals surface area contributed by atoms with Crippen molar-refractivity contribution in [2.45, 2.75) is 0 Å². The summed E-state index contributed by atoms with van der Waals surface area (Å²) in [6, 6.07) is 7.46. The maximum atomic E-state index is 12.3. The number of nitrogens with one attached hydrogen (secondary N) is 1. The number of anilines is 1. The number of hydrogen-bond acceptors (Lipinski definition) is 8. The minimum absolute atomic E-state index is 0.00859. The van der Waals surface area contributed by atoms with E-state index in [4.69, 9.17) is 0 Å². The Hall–Kier alpha value is -3.11. The third kappa shape index (κ3) is 3.76. The van der Waals surface area contributed by atoms with Crippen molar-refractivity contribution in [2.75, 3.05) is 12.4 Å². The summed E-state index contributed by atoms with van der Waals surface area (Å²) in [5.41, 5.74) is 1.28. The predicted molar refractivity (Wildman–Crippen MR) is 97.8 cm³/mol. The first kappa shape index (κ1) is 17.7. The molecule has 0 aliphatic rings. The molecule has 0 fully saturated rings. The highest BCUT2D eigenvalue weighted by Crippen LogP contribution is 2.32. The summed E-state index contributed by atoms with van der Waals surface area (Å²) >= 11 is 2.43. The first-order valence-electron chi connectivity index (χ1n) is 7.16. The third-order valence-electron chi connectivity index (χ3n) is 3.34. The maximum absolute atomic E-state index is 12.3. The van der Waals surface area contributed by atoms with E-state index >= 15 is 0 Å². The van der Waals surface area contributed by atoms with Crippen LogP contribution in [0.2, 0.25) is 0 Å². The zero-order chi connectivity index (χ0) is 18.7. The van der Waals surface area contributed by atoms with Crippen molar-refractivity contribution in [3.8, 4) is 10.6 Å². The molecular formula is C16H11N3O5S2. The summed E-state index contributed by atoms with van der Waals surface area (Å²) in [5, 5.41) is 16.9. The summed E-state index contributed by atoms with van der Waals surface area (Å²) < 4.78 is 4.60. The lowest BCUT2D eigenvalue weighted by atomic mass is 10.1. The largest absolute Gasteiger partial charge is 0.465 e. The van der Waals surface area contributed by atoms with E-state index in [0.717, 1.165) is 0 Å². The van der Waals surface area contributed by atoms with Gasteiger partial charge in [-0.1, -0.05) is 0 Å². The second-order valence-corrected chi connectivity index (χ2v) is 6.76. The number of esters is 1. The van der Waals surface area contributed by atoms with E-state index in [0.29, 0.717) is 26.8 Å². The number of nitrogens with zero attached hydrogens (tertiary/aromatic N) is 2. The highest BCUT2D eigenvalue weighted by Gasteiger charge is 2.15. The molecule has 0 saturated heterocycles. The van der Waals surface area contributed by atoms with Crippen LogP contribution in [-0.2, 0) is 4.74 Å². The Morgan fingerprint density at radius 3 is 2.46 bits per heavy atom. The van der Waals surface area contributed by atoms with Crippen LogP contribution in [0.5, 0.6) is 0 Å². The fourth-order valence-corrected chi connectivity index (χ4v) is 3.64. The number of aromatic nitrogens is 1. The number of nitro groups is 1. The Balaban J connectivity index is 1.71. The lowest BCUT2D eigenvalue weighted by molar-refractivity contribution is -0.384. The summed E-state index contributed by atoms with van der Waals surface area (Å²) in [6.07, 6.45) is 0. The van der Waals surface area contributed by atoms with E-state index < -0.39 is 10.9 Å². The van der Waals surface area contributed by atoms with E-state index in [-0.39, 0.29) is 11.6 Å². The maximum Gasteiger partial charge on any atom is 0.337 e. The van der Waals surface area contributed by atoms with Crippen LogP contribution >= 0.6 is 22.7 Å². The van der Waals surface area contributed by atoms with Crippen molar-refractivity contribution < 1.29 is 19.2 Å². The molecule has 0 atom stereocenters. The second-order valence-electron chi connectivity index (χ2n) is 4.99. The van der Waals surface area contributed by atoms with Crippen molar-refractivity contribution >= 4 is 45.4 Å². The Kier molecular flexibility index (Phi) is 5.05. The zero-order valence-corrected chi connectivity index (χ0v) is 14.9. The van der Waals surface area contributed by atoms with Crippen LogP contribution in [0, 0.1) is 10.1 Å². The monoisotopic (exact) mass is 389 g/mol. The van der Waals surface area contributed by atoms with Gasteiger partial charge < -0.3 is 4.74 Å². The minimum atomic E-state index is -0.480. The van der Waals surface area contributed by atoms with Gasteiger partial charge in [0.15, 0.2) is 5.13 Å². The number of thiophene rings is 1. The van der Waals surface area contributed by atoms with E-state index in [1.165, 1.54) is 65.5 Å². The molecule has 1 N–H and O–H groups in total. The number of carbonyl (C=O) groups is 2. The van der Waals surface area contributed by atoms with E-state index in [1.807, 2.05) is 0 Å². The number of hydrogen-bond donors (Lipinski definition) is 1. The van der Waals surface area contributed by atoms with Gasteiger partial charge in [0.1, 0.15) is 0 Å². The number of thiazole rings is 1. The molecule has 10 heteroatoms. The smallest absolute Gasteiger partial charge is 0.337 e. The molecule has 2 aromatic heterocycles. The number of methoxy groups -OCH3 is 1. The lowest BCUT2D eigenvalue weighted by Crippen LogP contribution is -2.12.